The van der Waals surface area contributed by atoms with Crippen LogP contribution in [0.2, 0.25) is 0 Å². The Morgan fingerprint density at radius 3 is 2.81 bits per heavy atom. The molecule has 42 heavy (non-hydrogen) atoms. The molecule has 0 radical (unpaired) electrons. The normalized spacial score (nSPS) is 46.1. The Bertz CT molecular complexity index is 1360. The number of carbonyl (C=O) groups excluding carboxylic acids is 2. The van der Waals surface area contributed by atoms with Gasteiger partial charge in [0.15, 0.2) is 23.5 Å². The largest absolute Gasteiger partial charge is 0.399 e. The monoisotopic (exact) mass is 576 g/mol. The highest BCUT2D eigenvalue weighted by atomic mass is 16.7. The first-order chi connectivity index (χ1) is 20.0. The van der Waals surface area contributed by atoms with Crippen molar-refractivity contribution >= 4 is 17.3 Å². The molecule has 2 heterocycles. The molecule has 0 aromatic heterocycles. The zero-order valence-corrected chi connectivity index (χ0v) is 24.9. The highest BCUT2D eigenvalue weighted by Crippen LogP contribution is 2.69. The summed E-state index contributed by atoms with van der Waals surface area (Å²) in [5.74, 6) is 0.265. The van der Waals surface area contributed by atoms with Gasteiger partial charge in [-0.3, -0.25) is 14.5 Å². The molecule has 2 saturated heterocycles. The van der Waals surface area contributed by atoms with Crippen molar-refractivity contribution in [3.63, 3.8) is 0 Å². The summed E-state index contributed by atoms with van der Waals surface area (Å²) >= 11 is 0. The summed E-state index contributed by atoms with van der Waals surface area (Å²) in [7, 11) is 2.08. The minimum atomic E-state index is -1.30. The molecule has 2 aliphatic heterocycles. The fraction of sp³-hybridized carbons (Fsp3) is 0.647. The molecule has 0 bridgehead atoms. The highest BCUT2D eigenvalue weighted by molar-refractivity contribution is 6.01. The van der Waals surface area contributed by atoms with Gasteiger partial charge in [0, 0.05) is 29.0 Å². The van der Waals surface area contributed by atoms with Crippen LogP contribution >= 0.6 is 0 Å². The van der Waals surface area contributed by atoms with Crippen LogP contribution in [0.5, 0.6) is 0 Å². The molecule has 4 N–H and O–H groups in total. The molecule has 5 fully saturated rings. The molecule has 8 nitrogen and oxygen atoms in total. The average Bonchev–Trinajstić information content (AvgIpc) is 3.57. The smallest absolute Gasteiger partial charge is 0.193 e. The van der Waals surface area contributed by atoms with E-state index in [4.69, 9.17) is 15.2 Å². The van der Waals surface area contributed by atoms with Crippen molar-refractivity contribution in [1.82, 2.24) is 4.90 Å². The van der Waals surface area contributed by atoms with E-state index in [-0.39, 0.29) is 35.4 Å². The third kappa shape index (κ3) is 3.91. The summed E-state index contributed by atoms with van der Waals surface area (Å²) in [6.45, 7) is 4.51. The number of ether oxygens (including phenoxy) is 2. The van der Waals surface area contributed by atoms with Crippen LogP contribution in [0.25, 0.3) is 0 Å². The number of rotatable bonds is 5. The van der Waals surface area contributed by atoms with E-state index in [1.54, 1.807) is 12.2 Å². The van der Waals surface area contributed by atoms with Gasteiger partial charge in [0.1, 0.15) is 6.61 Å². The van der Waals surface area contributed by atoms with Crippen molar-refractivity contribution in [1.29, 1.82) is 0 Å². The lowest BCUT2D eigenvalue weighted by molar-refractivity contribution is -0.207. The SMILES string of the molecule is CN1CC(Cc2cccc(N)c2)CC1[C@@H]1O[C@@H]2C[C@H]3[C@@H]4CCC5=CC(=O)C=C[C@]5(C)[C@H]4[C@@H](O)C[C@]3(C)[C@]2(C(=O)CO)O1. The number of fused-ring (bicyclic) bond motifs is 7. The lowest BCUT2D eigenvalue weighted by Gasteiger charge is -2.59. The molecule has 6 aliphatic rings. The Morgan fingerprint density at radius 2 is 2.05 bits per heavy atom. The number of benzene rings is 1. The van der Waals surface area contributed by atoms with E-state index in [9.17, 15) is 19.8 Å². The molecule has 8 heteroatoms. The summed E-state index contributed by atoms with van der Waals surface area (Å²) < 4.78 is 13.6. The van der Waals surface area contributed by atoms with Crippen LogP contribution in [0.15, 0.2) is 48.1 Å². The number of Topliss-reactive ketones (excluding diaryl/α,β-unsaturated/α-hetero) is 1. The molecule has 2 unspecified atom stereocenters. The van der Waals surface area contributed by atoms with Crippen molar-refractivity contribution in [3.05, 3.63) is 53.6 Å². The maximum absolute atomic E-state index is 13.8. The molecule has 11 atom stereocenters. The number of carbonyl (C=O) groups is 2. The molecule has 1 aromatic rings. The number of aliphatic hydroxyl groups is 2. The maximum atomic E-state index is 13.8. The number of likely N-dealkylation sites (tertiary alicyclic amines) is 1. The number of ketones is 2. The van der Waals surface area contributed by atoms with Crippen LogP contribution in [-0.4, -0.2) is 77.0 Å². The van der Waals surface area contributed by atoms with Gasteiger partial charge in [-0.2, -0.15) is 0 Å². The third-order valence-corrected chi connectivity index (χ3v) is 12.3. The molecule has 7 rings (SSSR count). The van der Waals surface area contributed by atoms with Crippen molar-refractivity contribution in [3.8, 4) is 0 Å². The fourth-order valence-corrected chi connectivity index (χ4v) is 10.5. The second-order valence-electron chi connectivity index (χ2n) is 14.4. The van der Waals surface area contributed by atoms with E-state index in [1.807, 2.05) is 24.3 Å². The van der Waals surface area contributed by atoms with Crippen LogP contribution in [0.1, 0.15) is 51.5 Å². The van der Waals surface area contributed by atoms with Gasteiger partial charge in [-0.1, -0.05) is 37.6 Å². The van der Waals surface area contributed by atoms with Crippen LogP contribution in [0.3, 0.4) is 0 Å². The van der Waals surface area contributed by atoms with Gasteiger partial charge in [0.2, 0.25) is 0 Å². The van der Waals surface area contributed by atoms with Gasteiger partial charge in [-0.05, 0) is 93.2 Å². The second kappa shape index (κ2) is 9.83. The number of hydrogen-bond acceptors (Lipinski definition) is 8. The Kier molecular flexibility index (Phi) is 6.65. The number of aliphatic hydroxyl groups excluding tert-OH is 2. The lowest BCUT2D eigenvalue weighted by atomic mass is 9.46. The van der Waals surface area contributed by atoms with Crippen LogP contribution in [0.4, 0.5) is 5.69 Å². The summed E-state index contributed by atoms with van der Waals surface area (Å²) in [6, 6.07) is 8.02. The first-order valence-corrected chi connectivity index (χ1v) is 15.6. The lowest BCUT2D eigenvalue weighted by Crippen LogP contribution is -2.63. The second-order valence-corrected chi connectivity index (χ2v) is 14.4. The van der Waals surface area contributed by atoms with Gasteiger partial charge in [0.25, 0.3) is 0 Å². The van der Waals surface area contributed by atoms with Gasteiger partial charge in [0.05, 0.1) is 18.2 Å². The molecule has 0 amide bonds. The summed E-state index contributed by atoms with van der Waals surface area (Å²) in [6.07, 6.45) is 8.14. The van der Waals surface area contributed by atoms with Crippen molar-refractivity contribution < 1.29 is 29.3 Å². The topological polar surface area (TPSA) is 122 Å². The van der Waals surface area contributed by atoms with Gasteiger partial charge in [-0.15, -0.1) is 0 Å². The minimum absolute atomic E-state index is 0.0128. The number of anilines is 1. The number of nitrogens with zero attached hydrogens (tertiary/aromatic N) is 1. The van der Waals surface area contributed by atoms with Crippen LogP contribution in [-0.2, 0) is 25.5 Å². The molecule has 3 saturated carbocycles. The Balaban J connectivity index is 1.16. The quantitative estimate of drug-likeness (QED) is 0.458. The molecule has 0 spiro atoms. The Hall–Kier alpha value is -2.36. The van der Waals surface area contributed by atoms with Gasteiger partial charge >= 0.3 is 0 Å². The number of nitrogens with two attached hydrogens (primary N) is 1. The van der Waals surface area contributed by atoms with Gasteiger partial charge < -0.3 is 25.4 Å². The fourth-order valence-electron chi connectivity index (χ4n) is 10.5. The van der Waals surface area contributed by atoms with E-state index in [0.717, 1.165) is 43.5 Å². The predicted molar refractivity (Wildman–Crippen MR) is 157 cm³/mol. The zero-order chi connectivity index (χ0) is 29.6. The molecule has 226 valence electrons. The van der Waals surface area contributed by atoms with E-state index >= 15 is 0 Å². The summed E-state index contributed by atoms with van der Waals surface area (Å²) in [5.41, 5.74) is 6.72. The molecule has 4 aliphatic carbocycles. The zero-order valence-electron chi connectivity index (χ0n) is 24.9. The van der Waals surface area contributed by atoms with E-state index < -0.39 is 41.5 Å². The molecular formula is C34H44N2O6. The van der Waals surface area contributed by atoms with Crippen LogP contribution < -0.4 is 5.73 Å². The first kappa shape index (κ1) is 28.4. The third-order valence-electron chi connectivity index (χ3n) is 12.3. The average molecular weight is 577 g/mol. The van der Waals surface area contributed by atoms with Gasteiger partial charge in [-0.25, -0.2) is 0 Å². The van der Waals surface area contributed by atoms with E-state index in [1.165, 1.54) is 5.56 Å². The first-order valence-electron chi connectivity index (χ1n) is 15.6. The van der Waals surface area contributed by atoms with Crippen molar-refractivity contribution in [2.75, 3.05) is 25.9 Å². The predicted octanol–water partition coefficient (Wildman–Crippen LogP) is 3.06. The Morgan fingerprint density at radius 1 is 1.24 bits per heavy atom. The Labute approximate surface area is 247 Å². The highest BCUT2D eigenvalue weighted by Gasteiger charge is 2.76. The van der Waals surface area contributed by atoms with E-state index in [0.29, 0.717) is 18.8 Å². The standard InChI is InChI=1S/C34H44N2O6/c1-32-10-9-23(38)14-21(32)7-8-24-25-15-29-34(28(40)18-37,33(25,2)16-27(39)30(24)32)42-31(41-29)26-13-20(17-36(26)3)11-19-5-4-6-22(35)12-19/h4-6,9-10,12,14,20,24-27,29-31,37,39H,7-8,11,13,15-18,35H2,1-3H3/t20?,24-,25-,26?,27-,29+,30+,31+,32-,33-,34+/m0/s1. The summed E-state index contributed by atoms with van der Waals surface area (Å²) in [4.78, 5) is 28.3. The number of likely N-dealkylation sites (N-methyl/N-ethyl adjacent to an activating group) is 1. The van der Waals surface area contributed by atoms with E-state index in [2.05, 4.69) is 31.9 Å². The van der Waals surface area contributed by atoms with Crippen LogP contribution in [0, 0.1) is 34.5 Å². The maximum Gasteiger partial charge on any atom is 0.193 e. The number of allylic oxidation sites excluding steroid dienone is 4. The number of hydrogen-bond donors (Lipinski definition) is 3. The summed E-state index contributed by atoms with van der Waals surface area (Å²) in [5, 5.41) is 22.1. The number of nitrogen functional groups attached to an aromatic ring is 1. The van der Waals surface area contributed by atoms with Crippen molar-refractivity contribution in [2.45, 2.75) is 82.5 Å². The molecular weight excluding hydrogens is 532 g/mol. The molecule has 1 aromatic carbocycles. The minimum Gasteiger partial charge on any atom is -0.399 e. The van der Waals surface area contributed by atoms with Crippen molar-refractivity contribution in [2.24, 2.45) is 34.5 Å².